The van der Waals surface area contributed by atoms with Crippen LogP contribution in [0.3, 0.4) is 0 Å². The van der Waals surface area contributed by atoms with Crippen molar-refractivity contribution < 1.29 is 9.13 Å². The van der Waals surface area contributed by atoms with Gasteiger partial charge in [-0.3, -0.25) is 5.32 Å². The second-order valence-corrected chi connectivity index (χ2v) is 8.72. The zero-order chi connectivity index (χ0) is 19.6. The minimum atomic E-state index is 0.0724. The molecule has 0 spiro atoms. The van der Waals surface area contributed by atoms with Gasteiger partial charge in [-0.15, -0.1) is 0 Å². The Balaban J connectivity index is 1.87. The van der Waals surface area contributed by atoms with Crippen molar-refractivity contribution in [2.45, 2.75) is 71.6 Å². The lowest BCUT2D eigenvalue weighted by Gasteiger charge is -2.48. The van der Waals surface area contributed by atoms with Gasteiger partial charge in [0, 0.05) is 18.9 Å². The summed E-state index contributed by atoms with van der Waals surface area (Å²) in [4.78, 5) is 0. The Morgan fingerprint density at radius 2 is 2.07 bits per heavy atom. The summed E-state index contributed by atoms with van der Waals surface area (Å²) in [5.74, 6) is 1.99. The van der Waals surface area contributed by atoms with Crippen LogP contribution in [0.5, 0.6) is 0 Å². The van der Waals surface area contributed by atoms with Gasteiger partial charge in [0.05, 0.1) is 5.83 Å². The number of halogens is 1. The molecule has 1 aliphatic heterocycles. The van der Waals surface area contributed by atoms with E-state index in [0.717, 1.165) is 49.0 Å². The normalized spacial score (nSPS) is 38.4. The Bertz CT molecular complexity index is 651. The third-order valence-corrected chi connectivity index (χ3v) is 6.87. The van der Waals surface area contributed by atoms with Crippen molar-refractivity contribution in [1.82, 2.24) is 5.32 Å². The van der Waals surface area contributed by atoms with E-state index in [1.165, 1.54) is 0 Å². The highest BCUT2D eigenvalue weighted by Gasteiger charge is 2.43. The third-order valence-electron chi connectivity index (χ3n) is 6.87. The summed E-state index contributed by atoms with van der Waals surface area (Å²) < 4.78 is 19.7. The minimum Gasteiger partial charge on any atom is -0.366 e. The molecule has 0 bridgehead atoms. The first-order valence-corrected chi connectivity index (χ1v) is 10.5. The van der Waals surface area contributed by atoms with Crippen molar-refractivity contribution >= 4 is 5.71 Å². The maximum Gasteiger partial charge on any atom is 0.110 e. The molecule has 0 amide bonds. The molecular weight excluding hydrogens is 339 g/mol. The van der Waals surface area contributed by atoms with Crippen LogP contribution in [0.2, 0.25) is 0 Å². The number of hydrogen-bond donors (Lipinski definition) is 2. The van der Waals surface area contributed by atoms with E-state index < -0.39 is 0 Å². The van der Waals surface area contributed by atoms with Crippen molar-refractivity contribution in [3.63, 3.8) is 0 Å². The van der Waals surface area contributed by atoms with E-state index in [9.17, 15) is 4.39 Å². The smallest absolute Gasteiger partial charge is 0.110 e. The molecule has 4 heteroatoms. The molecule has 3 aliphatic rings. The van der Waals surface area contributed by atoms with Gasteiger partial charge in [0.1, 0.15) is 6.23 Å². The van der Waals surface area contributed by atoms with Crippen molar-refractivity contribution in [1.29, 1.82) is 5.41 Å². The van der Waals surface area contributed by atoms with Gasteiger partial charge in [-0.25, -0.2) is 4.39 Å². The van der Waals surface area contributed by atoms with Crippen LogP contribution in [0.1, 0.15) is 59.3 Å². The zero-order valence-electron chi connectivity index (χ0n) is 17.2. The van der Waals surface area contributed by atoms with Crippen LogP contribution >= 0.6 is 0 Å². The summed E-state index contributed by atoms with van der Waals surface area (Å²) in [5.41, 5.74) is 2.76. The topological polar surface area (TPSA) is 45.1 Å². The summed E-state index contributed by atoms with van der Waals surface area (Å²) in [6.45, 7) is 6.22. The number of methoxy groups -OCH3 is 1. The molecule has 6 atom stereocenters. The Hall–Kier alpha value is -1.26. The lowest BCUT2D eigenvalue weighted by Crippen LogP contribution is -2.57. The summed E-state index contributed by atoms with van der Waals surface area (Å²) >= 11 is 0. The Morgan fingerprint density at radius 1 is 1.30 bits per heavy atom. The molecule has 0 aromatic carbocycles. The molecule has 0 aromatic rings. The molecule has 1 heterocycles. The lowest BCUT2D eigenvalue weighted by atomic mass is 9.66. The van der Waals surface area contributed by atoms with E-state index in [1.807, 2.05) is 19.9 Å². The van der Waals surface area contributed by atoms with E-state index in [1.54, 1.807) is 7.11 Å². The van der Waals surface area contributed by atoms with E-state index >= 15 is 0 Å². The van der Waals surface area contributed by atoms with Crippen LogP contribution in [0.4, 0.5) is 4.39 Å². The van der Waals surface area contributed by atoms with Crippen molar-refractivity contribution in [2.75, 3.05) is 7.11 Å². The van der Waals surface area contributed by atoms with Crippen LogP contribution in [-0.2, 0) is 4.74 Å². The monoisotopic (exact) mass is 374 g/mol. The average molecular weight is 375 g/mol. The number of piperidine rings is 1. The highest BCUT2D eigenvalue weighted by molar-refractivity contribution is 6.00. The molecule has 2 N–H and O–H groups in total. The SMILES string of the molecule is CC=CC1=CC(C2CC(C)C(OC)NC2C2CCC(F)=C(C)C2)CCC1=N. The van der Waals surface area contributed by atoms with Gasteiger partial charge in [0.25, 0.3) is 0 Å². The van der Waals surface area contributed by atoms with Crippen molar-refractivity contribution in [3.05, 3.63) is 35.2 Å². The van der Waals surface area contributed by atoms with Gasteiger partial charge in [0.15, 0.2) is 0 Å². The van der Waals surface area contributed by atoms with E-state index in [4.69, 9.17) is 10.1 Å². The molecule has 3 rings (SSSR count). The highest BCUT2D eigenvalue weighted by atomic mass is 19.1. The number of nitrogens with one attached hydrogen (secondary N) is 2. The lowest BCUT2D eigenvalue weighted by molar-refractivity contribution is -0.0425. The number of rotatable bonds is 4. The van der Waals surface area contributed by atoms with Crippen LogP contribution in [0.25, 0.3) is 0 Å². The number of hydrogen-bond acceptors (Lipinski definition) is 3. The molecule has 0 saturated carbocycles. The molecule has 1 fully saturated rings. The highest BCUT2D eigenvalue weighted by Crippen LogP contribution is 2.43. The summed E-state index contributed by atoms with van der Waals surface area (Å²) in [5, 5.41) is 12.0. The van der Waals surface area contributed by atoms with Crippen LogP contribution in [-0.4, -0.2) is 25.1 Å². The molecule has 2 aliphatic carbocycles. The maximum absolute atomic E-state index is 13.9. The quantitative estimate of drug-likeness (QED) is 0.678. The van der Waals surface area contributed by atoms with E-state index in [0.29, 0.717) is 36.1 Å². The first-order valence-electron chi connectivity index (χ1n) is 10.5. The Morgan fingerprint density at radius 3 is 2.74 bits per heavy atom. The van der Waals surface area contributed by atoms with Crippen molar-refractivity contribution in [2.24, 2.45) is 23.7 Å². The molecule has 6 unspecified atom stereocenters. The van der Waals surface area contributed by atoms with Gasteiger partial charge in [-0.1, -0.05) is 25.2 Å². The number of ether oxygens (including phenoxy) is 1. The molecule has 0 radical (unpaired) electrons. The van der Waals surface area contributed by atoms with Crippen LogP contribution in [0.15, 0.2) is 35.2 Å². The fourth-order valence-corrected chi connectivity index (χ4v) is 5.39. The standard InChI is InChI=1S/C23H35FN2O/c1-5-6-17-13-16(8-10-21(17)25)19-12-15(3)23(27-4)26-22(19)18-7-9-20(24)14(2)11-18/h5-6,13,15-16,18-19,22-23,25-26H,7-12H2,1-4H3. The first kappa shape index (κ1) is 20.5. The largest absolute Gasteiger partial charge is 0.366 e. The molecule has 150 valence electrons. The van der Waals surface area contributed by atoms with Gasteiger partial charge >= 0.3 is 0 Å². The predicted molar refractivity (Wildman–Crippen MR) is 109 cm³/mol. The maximum atomic E-state index is 13.9. The summed E-state index contributed by atoms with van der Waals surface area (Å²) in [6.07, 6.45) is 11.9. The second kappa shape index (κ2) is 8.83. The van der Waals surface area contributed by atoms with Gasteiger partial charge in [0.2, 0.25) is 0 Å². The van der Waals surface area contributed by atoms with Gasteiger partial charge in [-0.2, -0.15) is 0 Å². The van der Waals surface area contributed by atoms with E-state index in [-0.39, 0.29) is 12.1 Å². The minimum absolute atomic E-state index is 0.0724. The fraction of sp³-hybridized carbons (Fsp3) is 0.696. The predicted octanol–water partition coefficient (Wildman–Crippen LogP) is 5.55. The van der Waals surface area contributed by atoms with Gasteiger partial charge in [-0.05, 0) is 87.2 Å². The molecule has 1 saturated heterocycles. The summed E-state index contributed by atoms with van der Waals surface area (Å²) in [7, 11) is 1.78. The third kappa shape index (κ3) is 4.43. The molecular formula is C23H35FN2O. The van der Waals surface area contributed by atoms with Crippen molar-refractivity contribution in [3.8, 4) is 0 Å². The first-order chi connectivity index (χ1) is 12.9. The molecule has 0 aromatic heterocycles. The molecule has 27 heavy (non-hydrogen) atoms. The molecule has 3 nitrogen and oxygen atoms in total. The Kier molecular flexibility index (Phi) is 6.69. The Labute approximate surface area is 163 Å². The second-order valence-electron chi connectivity index (χ2n) is 8.72. The fourth-order valence-electron chi connectivity index (χ4n) is 5.39. The van der Waals surface area contributed by atoms with Gasteiger partial charge < -0.3 is 10.1 Å². The zero-order valence-corrected chi connectivity index (χ0v) is 17.2. The van der Waals surface area contributed by atoms with E-state index in [2.05, 4.69) is 24.4 Å². The summed E-state index contributed by atoms with van der Waals surface area (Å²) in [6, 6.07) is 0.342. The average Bonchev–Trinajstić information content (AvgIpc) is 2.66. The van der Waals surface area contributed by atoms with Crippen LogP contribution in [0, 0.1) is 29.1 Å². The van der Waals surface area contributed by atoms with Crippen LogP contribution < -0.4 is 5.32 Å². The number of allylic oxidation sites excluding steroid dienone is 6.